The van der Waals surface area contributed by atoms with Crippen molar-refractivity contribution in [1.82, 2.24) is 0 Å². The fraction of sp³-hybridized carbons (Fsp3) is 0.792. The minimum atomic E-state index is -0.551. The third kappa shape index (κ3) is 2.14. The van der Waals surface area contributed by atoms with Gasteiger partial charge in [-0.2, -0.15) is 0 Å². The first kappa shape index (κ1) is 18.6. The molecule has 158 valence electrons. The molecule has 5 fully saturated rings. The molecule has 3 unspecified atom stereocenters. The maximum Gasteiger partial charge on any atom is 0.335 e. The third-order valence-corrected chi connectivity index (χ3v) is 10.2. The molecule has 6 rings (SSSR count). The molecule has 2 N–H and O–H groups in total. The molecule has 0 bridgehead atoms. The monoisotopic (exact) mass is 400 g/mol. The van der Waals surface area contributed by atoms with Crippen molar-refractivity contribution < 1.29 is 19.4 Å². The molecular formula is C24H32O5. The Balaban J connectivity index is 1.38. The number of aliphatic hydroxyl groups excluding tert-OH is 2. The van der Waals surface area contributed by atoms with Gasteiger partial charge < -0.3 is 19.4 Å². The van der Waals surface area contributed by atoms with Crippen molar-refractivity contribution in [2.45, 2.75) is 88.6 Å². The molecule has 1 aromatic heterocycles. The molecule has 5 heteroatoms. The molecular weight excluding hydrogens is 368 g/mol. The summed E-state index contributed by atoms with van der Waals surface area (Å²) in [6, 6.07) is 3.30. The molecule has 1 aromatic rings. The lowest BCUT2D eigenvalue weighted by Gasteiger charge is -2.61. The van der Waals surface area contributed by atoms with Crippen LogP contribution in [-0.4, -0.2) is 34.1 Å². The van der Waals surface area contributed by atoms with Gasteiger partial charge in [-0.1, -0.05) is 13.8 Å². The summed E-state index contributed by atoms with van der Waals surface area (Å²) >= 11 is 0. The lowest BCUT2D eigenvalue weighted by Crippen LogP contribution is -2.58. The molecule has 5 aliphatic rings. The largest absolute Gasteiger partial charge is 0.431 e. The van der Waals surface area contributed by atoms with E-state index >= 15 is 0 Å². The highest BCUT2D eigenvalue weighted by Gasteiger charge is 2.83. The van der Waals surface area contributed by atoms with Gasteiger partial charge >= 0.3 is 5.63 Å². The minimum Gasteiger partial charge on any atom is -0.431 e. The predicted octanol–water partition coefficient (Wildman–Crippen LogP) is 3.23. The number of hydrogen-bond donors (Lipinski definition) is 2. The van der Waals surface area contributed by atoms with Crippen molar-refractivity contribution >= 4 is 0 Å². The minimum absolute atomic E-state index is 0.0507. The first-order valence-corrected chi connectivity index (χ1v) is 11.4. The maximum absolute atomic E-state index is 11.5. The van der Waals surface area contributed by atoms with Crippen LogP contribution < -0.4 is 5.63 Å². The molecule has 2 heterocycles. The average Bonchev–Trinajstić information content (AvgIpc) is 3.40. The van der Waals surface area contributed by atoms with E-state index in [9.17, 15) is 15.0 Å². The van der Waals surface area contributed by atoms with E-state index in [4.69, 9.17) is 9.15 Å². The van der Waals surface area contributed by atoms with Crippen LogP contribution in [0.25, 0.3) is 0 Å². The second-order valence-corrected chi connectivity index (χ2v) is 11.1. The number of ether oxygens (including phenoxy) is 1. The van der Waals surface area contributed by atoms with Crippen molar-refractivity contribution in [1.29, 1.82) is 0 Å². The summed E-state index contributed by atoms with van der Waals surface area (Å²) in [5, 5.41) is 21.5. The third-order valence-electron chi connectivity index (χ3n) is 10.2. The van der Waals surface area contributed by atoms with Crippen LogP contribution in [0.5, 0.6) is 0 Å². The lowest BCUT2D eigenvalue weighted by molar-refractivity contribution is -0.143. The van der Waals surface area contributed by atoms with Crippen LogP contribution in [-0.2, 0) is 4.74 Å². The van der Waals surface area contributed by atoms with Crippen LogP contribution in [0.15, 0.2) is 27.6 Å². The van der Waals surface area contributed by atoms with Crippen LogP contribution in [0.2, 0.25) is 0 Å². The molecule has 0 radical (unpaired) electrons. The highest BCUT2D eigenvalue weighted by atomic mass is 16.6. The zero-order chi connectivity index (χ0) is 20.2. The second-order valence-electron chi connectivity index (χ2n) is 11.1. The Bertz CT molecular complexity index is 875. The SMILES string of the molecule is C[C@]12CC[C@H](O)C[C@H]1CCC1C2CC[C@]2(C)[C@@H](c3ccc(=O)oc3)[C@@H](O)[C@H]3OC132. The molecule has 29 heavy (non-hydrogen) atoms. The van der Waals surface area contributed by atoms with Gasteiger partial charge in [0.05, 0.1) is 18.5 Å². The van der Waals surface area contributed by atoms with Gasteiger partial charge in [-0.25, -0.2) is 4.79 Å². The van der Waals surface area contributed by atoms with Gasteiger partial charge in [0.15, 0.2) is 0 Å². The van der Waals surface area contributed by atoms with Crippen molar-refractivity contribution in [3.63, 3.8) is 0 Å². The molecule has 1 saturated heterocycles. The van der Waals surface area contributed by atoms with Crippen molar-refractivity contribution in [3.05, 3.63) is 34.4 Å². The molecule has 4 saturated carbocycles. The number of rotatable bonds is 1. The number of epoxide rings is 1. The van der Waals surface area contributed by atoms with Gasteiger partial charge in [-0.05, 0) is 79.7 Å². The normalized spacial score (nSPS) is 55.4. The average molecular weight is 401 g/mol. The lowest BCUT2D eigenvalue weighted by atomic mass is 9.44. The molecule has 1 spiro atoms. The van der Waals surface area contributed by atoms with Gasteiger partial charge in [0.25, 0.3) is 0 Å². The Hall–Kier alpha value is -1.17. The van der Waals surface area contributed by atoms with E-state index in [1.807, 2.05) is 6.07 Å². The van der Waals surface area contributed by atoms with E-state index in [1.165, 1.54) is 6.07 Å². The van der Waals surface area contributed by atoms with E-state index in [2.05, 4.69) is 13.8 Å². The quantitative estimate of drug-likeness (QED) is 0.707. The summed E-state index contributed by atoms with van der Waals surface area (Å²) in [5.41, 5.74) is 0.457. The number of hydrogen-bond acceptors (Lipinski definition) is 5. The highest BCUT2D eigenvalue weighted by Crippen LogP contribution is 2.77. The van der Waals surface area contributed by atoms with E-state index in [0.29, 0.717) is 17.8 Å². The van der Waals surface area contributed by atoms with E-state index in [0.717, 1.165) is 50.5 Å². The summed E-state index contributed by atoms with van der Waals surface area (Å²) in [4.78, 5) is 11.5. The van der Waals surface area contributed by atoms with Gasteiger partial charge in [0.1, 0.15) is 11.7 Å². The van der Waals surface area contributed by atoms with Crippen LogP contribution in [0.3, 0.4) is 0 Å². The Labute approximate surface area is 171 Å². The van der Waals surface area contributed by atoms with Gasteiger partial charge in [-0.3, -0.25) is 0 Å². The van der Waals surface area contributed by atoms with E-state index in [-0.39, 0.29) is 40.2 Å². The van der Waals surface area contributed by atoms with Crippen LogP contribution in [0, 0.1) is 28.6 Å². The second kappa shape index (κ2) is 5.74. The molecule has 1 aliphatic heterocycles. The molecule has 4 aliphatic carbocycles. The fourth-order valence-electron chi connectivity index (χ4n) is 8.81. The van der Waals surface area contributed by atoms with Gasteiger partial charge in [-0.15, -0.1) is 0 Å². The Morgan fingerprint density at radius 2 is 1.86 bits per heavy atom. The Kier molecular flexibility index (Phi) is 3.68. The zero-order valence-corrected chi connectivity index (χ0v) is 17.3. The summed E-state index contributed by atoms with van der Waals surface area (Å²) in [5.74, 6) is 1.63. The van der Waals surface area contributed by atoms with Crippen molar-refractivity contribution in [3.8, 4) is 0 Å². The standard InChI is InChI=1S/C24H32O5/c1-22-9-7-15(25)11-14(22)4-5-17-16(22)8-10-23(2)19(13-3-6-18(26)28-12-13)20(27)21-24(17,23)29-21/h3,6,12,14-17,19-21,25,27H,4-5,7-11H2,1-2H3/t14-,15+,16?,17?,19+,20-,21-,22+,23-,24?/m1/s1. The van der Waals surface area contributed by atoms with Crippen molar-refractivity contribution in [2.24, 2.45) is 28.6 Å². The zero-order valence-electron chi connectivity index (χ0n) is 17.3. The Morgan fingerprint density at radius 1 is 1.03 bits per heavy atom. The first-order chi connectivity index (χ1) is 13.8. The first-order valence-electron chi connectivity index (χ1n) is 11.4. The van der Waals surface area contributed by atoms with Crippen LogP contribution in [0.4, 0.5) is 0 Å². The summed E-state index contributed by atoms with van der Waals surface area (Å²) < 4.78 is 11.6. The number of aliphatic hydroxyl groups is 2. The summed E-state index contributed by atoms with van der Waals surface area (Å²) in [7, 11) is 0. The topological polar surface area (TPSA) is 83.2 Å². The van der Waals surface area contributed by atoms with Gasteiger partial charge in [0.2, 0.25) is 0 Å². The summed E-state index contributed by atoms with van der Waals surface area (Å²) in [6.45, 7) is 4.76. The van der Waals surface area contributed by atoms with Crippen molar-refractivity contribution in [2.75, 3.05) is 0 Å². The Morgan fingerprint density at radius 3 is 2.62 bits per heavy atom. The fourth-order valence-corrected chi connectivity index (χ4v) is 8.81. The smallest absolute Gasteiger partial charge is 0.335 e. The molecule has 5 nitrogen and oxygen atoms in total. The maximum atomic E-state index is 11.5. The van der Waals surface area contributed by atoms with Crippen LogP contribution in [0.1, 0.15) is 70.3 Å². The van der Waals surface area contributed by atoms with Gasteiger partial charge in [0, 0.05) is 17.4 Å². The molecule has 0 amide bonds. The van der Waals surface area contributed by atoms with Crippen LogP contribution >= 0.6 is 0 Å². The molecule has 10 atom stereocenters. The number of fused-ring (bicyclic) bond motifs is 3. The highest BCUT2D eigenvalue weighted by molar-refractivity contribution is 5.38. The summed E-state index contributed by atoms with van der Waals surface area (Å²) in [6.07, 6.45) is 8.19. The predicted molar refractivity (Wildman–Crippen MR) is 106 cm³/mol. The molecule has 0 aromatic carbocycles. The van der Waals surface area contributed by atoms with E-state index < -0.39 is 6.10 Å². The van der Waals surface area contributed by atoms with E-state index in [1.54, 1.807) is 6.26 Å².